The van der Waals surface area contributed by atoms with E-state index >= 15 is 0 Å². The number of hydrazone groups is 1. The van der Waals surface area contributed by atoms with Crippen LogP contribution in [-0.2, 0) is 0 Å². The van der Waals surface area contributed by atoms with Crippen LogP contribution in [0.5, 0.6) is 5.75 Å². The van der Waals surface area contributed by atoms with Gasteiger partial charge in [0.15, 0.2) is 0 Å². The number of halogens is 2. The number of para-hydroxylation sites is 1. The van der Waals surface area contributed by atoms with Crippen LogP contribution in [0.4, 0.5) is 8.78 Å². The molecule has 0 saturated heterocycles. The van der Waals surface area contributed by atoms with Crippen molar-refractivity contribution in [3.05, 3.63) is 84.2 Å². The zero-order valence-corrected chi connectivity index (χ0v) is 13.5. The summed E-state index contributed by atoms with van der Waals surface area (Å²) in [6.07, 6.45) is 5.11. The predicted octanol–water partition coefficient (Wildman–Crippen LogP) is 3.84. The SMILES string of the molecule is O=C(N/N=C/c1ccc(OC(F)F)cc1)c1ccccc1-n1cccc1. The first kappa shape index (κ1) is 17.3. The molecule has 3 rings (SSSR count). The molecule has 5 nitrogen and oxygen atoms in total. The van der Waals surface area contributed by atoms with E-state index in [9.17, 15) is 13.6 Å². The largest absolute Gasteiger partial charge is 0.435 e. The van der Waals surface area contributed by atoms with Gasteiger partial charge in [-0.25, -0.2) is 5.43 Å². The molecule has 1 heterocycles. The average Bonchev–Trinajstić information content (AvgIpc) is 3.17. The number of alkyl halides is 2. The smallest absolute Gasteiger partial charge is 0.387 e. The minimum atomic E-state index is -2.87. The first-order chi connectivity index (χ1) is 12.6. The second-order valence-electron chi connectivity index (χ2n) is 5.25. The van der Waals surface area contributed by atoms with E-state index in [4.69, 9.17) is 0 Å². The molecular formula is C19H15F2N3O2. The summed E-state index contributed by atoms with van der Waals surface area (Å²) >= 11 is 0. The second kappa shape index (κ2) is 8.06. The van der Waals surface area contributed by atoms with Gasteiger partial charge in [-0.2, -0.15) is 13.9 Å². The summed E-state index contributed by atoms with van der Waals surface area (Å²) in [6.45, 7) is -2.87. The minimum absolute atomic E-state index is 0.0573. The van der Waals surface area contributed by atoms with Crippen molar-refractivity contribution < 1.29 is 18.3 Å². The number of hydrogen-bond donors (Lipinski definition) is 1. The summed E-state index contributed by atoms with van der Waals surface area (Å²) in [5.41, 5.74) is 4.30. The number of benzene rings is 2. The summed E-state index contributed by atoms with van der Waals surface area (Å²) in [5.74, 6) is -0.301. The van der Waals surface area contributed by atoms with Gasteiger partial charge in [0.2, 0.25) is 0 Å². The van der Waals surface area contributed by atoms with Gasteiger partial charge in [-0.05, 0) is 54.1 Å². The highest BCUT2D eigenvalue weighted by Gasteiger charge is 2.11. The topological polar surface area (TPSA) is 55.6 Å². The van der Waals surface area contributed by atoms with Crippen molar-refractivity contribution in [2.75, 3.05) is 0 Å². The fourth-order valence-corrected chi connectivity index (χ4v) is 2.35. The third-order valence-corrected chi connectivity index (χ3v) is 3.52. The Morgan fingerprint density at radius 3 is 2.42 bits per heavy atom. The van der Waals surface area contributed by atoms with Crippen LogP contribution < -0.4 is 10.2 Å². The molecule has 0 saturated carbocycles. The third-order valence-electron chi connectivity index (χ3n) is 3.52. The van der Waals surface area contributed by atoms with Crippen LogP contribution in [0.25, 0.3) is 5.69 Å². The Morgan fingerprint density at radius 2 is 1.73 bits per heavy atom. The molecule has 1 amide bonds. The van der Waals surface area contributed by atoms with Gasteiger partial charge in [-0.15, -0.1) is 0 Å². The summed E-state index contributed by atoms with van der Waals surface area (Å²) in [4.78, 5) is 12.4. The second-order valence-corrected chi connectivity index (χ2v) is 5.25. The molecule has 0 aliphatic rings. The molecule has 0 unspecified atom stereocenters. The monoisotopic (exact) mass is 355 g/mol. The summed E-state index contributed by atoms with van der Waals surface area (Å²) < 4.78 is 30.3. The molecule has 26 heavy (non-hydrogen) atoms. The highest BCUT2D eigenvalue weighted by atomic mass is 19.3. The number of hydrogen-bond acceptors (Lipinski definition) is 3. The van der Waals surface area contributed by atoms with Crippen LogP contribution in [0.2, 0.25) is 0 Å². The lowest BCUT2D eigenvalue weighted by molar-refractivity contribution is -0.0498. The number of rotatable bonds is 6. The minimum Gasteiger partial charge on any atom is -0.435 e. The molecular weight excluding hydrogens is 340 g/mol. The van der Waals surface area contributed by atoms with Crippen LogP contribution in [-0.4, -0.2) is 23.3 Å². The van der Waals surface area contributed by atoms with Crippen LogP contribution in [0.15, 0.2) is 78.2 Å². The molecule has 0 aliphatic carbocycles. The van der Waals surface area contributed by atoms with Crippen molar-refractivity contribution in [1.29, 1.82) is 0 Å². The summed E-state index contributed by atoms with van der Waals surface area (Å²) in [6, 6.07) is 16.8. The molecule has 2 aromatic carbocycles. The Balaban J connectivity index is 1.67. The van der Waals surface area contributed by atoms with Crippen molar-refractivity contribution in [2.45, 2.75) is 6.61 Å². The Hall–Kier alpha value is -3.48. The lowest BCUT2D eigenvalue weighted by Crippen LogP contribution is -2.19. The number of nitrogens with zero attached hydrogens (tertiary/aromatic N) is 2. The number of nitrogens with one attached hydrogen (secondary N) is 1. The van der Waals surface area contributed by atoms with E-state index in [-0.39, 0.29) is 11.7 Å². The Morgan fingerprint density at radius 1 is 1.04 bits per heavy atom. The first-order valence-electron chi connectivity index (χ1n) is 7.74. The van der Waals surface area contributed by atoms with Crippen LogP contribution in [0.1, 0.15) is 15.9 Å². The maximum atomic E-state index is 12.4. The van der Waals surface area contributed by atoms with Crippen molar-refractivity contribution in [2.24, 2.45) is 5.10 Å². The molecule has 3 aromatic rings. The van der Waals surface area contributed by atoms with Crippen LogP contribution >= 0.6 is 0 Å². The van der Waals surface area contributed by atoms with E-state index in [0.717, 1.165) is 5.69 Å². The molecule has 0 fully saturated rings. The lowest BCUT2D eigenvalue weighted by Gasteiger charge is -2.09. The van der Waals surface area contributed by atoms with Gasteiger partial charge in [-0.1, -0.05) is 12.1 Å². The van der Waals surface area contributed by atoms with E-state index in [1.807, 2.05) is 41.2 Å². The Kier molecular flexibility index (Phi) is 5.38. The Labute approximate surface area is 148 Å². The van der Waals surface area contributed by atoms with Crippen molar-refractivity contribution in [1.82, 2.24) is 9.99 Å². The molecule has 1 N–H and O–H groups in total. The number of carbonyl (C=O) groups excluding carboxylic acids is 1. The number of carbonyl (C=O) groups is 1. The maximum Gasteiger partial charge on any atom is 0.387 e. The van der Waals surface area contributed by atoms with Crippen LogP contribution in [0, 0.1) is 0 Å². The molecule has 1 aromatic heterocycles. The number of aromatic nitrogens is 1. The van der Waals surface area contributed by atoms with Gasteiger partial charge in [0, 0.05) is 12.4 Å². The quantitative estimate of drug-likeness (QED) is 0.539. The summed E-state index contributed by atoms with van der Waals surface area (Å²) in [7, 11) is 0. The van der Waals surface area contributed by atoms with Crippen molar-refractivity contribution >= 4 is 12.1 Å². The zero-order valence-electron chi connectivity index (χ0n) is 13.5. The van der Waals surface area contributed by atoms with Gasteiger partial charge in [0.05, 0.1) is 17.5 Å². The maximum absolute atomic E-state index is 12.4. The number of amides is 1. The number of ether oxygens (including phenoxy) is 1. The molecule has 0 atom stereocenters. The standard InChI is InChI=1S/C19H15F2N3O2/c20-19(21)26-15-9-7-14(8-10-15)13-22-23-18(25)16-5-1-2-6-17(16)24-11-3-4-12-24/h1-13,19H,(H,23,25)/b22-13+. The van der Waals surface area contributed by atoms with Gasteiger partial charge >= 0.3 is 6.61 Å². The molecule has 0 bridgehead atoms. The fraction of sp³-hybridized carbons (Fsp3) is 0.0526. The molecule has 0 radical (unpaired) electrons. The van der Waals surface area contributed by atoms with Crippen molar-refractivity contribution in [3.8, 4) is 11.4 Å². The van der Waals surface area contributed by atoms with Gasteiger partial charge < -0.3 is 9.30 Å². The summed E-state index contributed by atoms with van der Waals surface area (Å²) in [5, 5.41) is 3.91. The molecule has 0 aliphatic heterocycles. The normalized spacial score (nSPS) is 11.0. The first-order valence-corrected chi connectivity index (χ1v) is 7.74. The highest BCUT2D eigenvalue weighted by Crippen LogP contribution is 2.15. The molecule has 7 heteroatoms. The van der Waals surface area contributed by atoms with E-state index < -0.39 is 6.61 Å². The predicted molar refractivity (Wildman–Crippen MR) is 93.9 cm³/mol. The van der Waals surface area contributed by atoms with E-state index in [1.165, 1.54) is 18.3 Å². The van der Waals surface area contributed by atoms with Gasteiger partial charge in [-0.3, -0.25) is 4.79 Å². The zero-order chi connectivity index (χ0) is 18.4. The van der Waals surface area contributed by atoms with E-state index in [0.29, 0.717) is 11.1 Å². The highest BCUT2D eigenvalue weighted by molar-refractivity contribution is 5.98. The van der Waals surface area contributed by atoms with Gasteiger partial charge in [0.1, 0.15) is 5.75 Å². The molecule has 0 spiro atoms. The van der Waals surface area contributed by atoms with E-state index in [1.54, 1.807) is 24.3 Å². The lowest BCUT2D eigenvalue weighted by atomic mass is 10.1. The van der Waals surface area contributed by atoms with Crippen LogP contribution in [0.3, 0.4) is 0 Å². The van der Waals surface area contributed by atoms with Crippen molar-refractivity contribution in [3.63, 3.8) is 0 Å². The Bertz CT molecular complexity index is 891. The van der Waals surface area contributed by atoms with E-state index in [2.05, 4.69) is 15.3 Å². The third kappa shape index (κ3) is 4.32. The molecule has 132 valence electrons. The fourth-order valence-electron chi connectivity index (χ4n) is 2.35. The van der Waals surface area contributed by atoms with Gasteiger partial charge in [0.25, 0.3) is 5.91 Å². The average molecular weight is 355 g/mol.